The Morgan fingerprint density at radius 2 is 1.79 bits per heavy atom. The maximum atomic E-state index is 13.5. The smallest absolute Gasteiger partial charge is 0.269 e. The lowest BCUT2D eigenvalue weighted by Gasteiger charge is -2.18. The molecule has 0 saturated carbocycles. The fraction of sp³-hybridized carbons (Fsp3) is 0.0800. The van der Waals surface area contributed by atoms with Gasteiger partial charge in [0.05, 0.1) is 5.25 Å². The van der Waals surface area contributed by atoms with Crippen LogP contribution in [0, 0.1) is 11.3 Å². The van der Waals surface area contributed by atoms with Crippen LogP contribution in [0.1, 0.15) is 5.56 Å². The van der Waals surface area contributed by atoms with Crippen LogP contribution in [0.15, 0.2) is 87.9 Å². The van der Waals surface area contributed by atoms with Gasteiger partial charge in [0.1, 0.15) is 16.7 Å². The molecule has 1 fully saturated rings. The van der Waals surface area contributed by atoms with E-state index < -0.39 is 11.2 Å². The molecule has 9 heteroatoms. The minimum atomic E-state index is -0.595. The highest BCUT2D eigenvalue weighted by molar-refractivity contribution is 9.10. The largest absolute Gasteiger partial charge is 0.321 e. The molecule has 170 valence electrons. The summed E-state index contributed by atoms with van der Waals surface area (Å²) in [5, 5.41) is 13.3. The summed E-state index contributed by atoms with van der Waals surface area (Å²) in [6, 6.07) is 23.0. The van der Waals surface area contributed by atoms with Crippen LogP contribution in [0.25, 0.3) is 0 Å². The van der Waals surface area contributed by atoms with Gasteiger partial charge in [-0.15, -0.1) is 0 Å². The Hall–Kier alpha value is -2.76. The Morgan fingerprint density at radius 1 is 1.09 bits per heavy atom. The number of nitrogens with one attached hydrogen (secondary N) is 1. The number of amides is 2. The number of hydrogen-bond acceptors (Lipinski definition) is 4. The zero-order valence-electron chi connectivity index (χ0n) is 17.5. The molecular formula is C25H16BrCl2N3O2S. The highest BCUT2D eigenvalue weighted by Crippen LogP contribution is 2.42. The van der Waals surface area contributed by atoms with Gasteiger partial charge in [-0.2, -0.15) is 5.26 Å². The predicted molar refractivity (Wildman–Crippen MR) is 141 cm³/mol. The highest BCUT2D eigenvalue weighted by Gasteiger charge is 2.41. The molecule has 1 atom stereocenters. The summed E-state index contributed by atoms with van der Waals surface area (Å²) in [5.41, 5.74) is 1.67. The van der Waals surface area contributed by atoms with E-state index in [1.54, 1.807) is 66.7 Å². The highest BCUT2D eigenvalue weighted by atomic mass is 79.9. The molecule has 3 aromatic rings. The third kappa shape index (κ3) is 5.31. The Bertz CT molecular complexity index is 1320. The number of hydrogen-bond donors (Lipinski definition) is 1. The molecule has 0 aliphatic carbocycles. The molecule has 0 aromatic heterocycles. The van der Waals surface area contributed by atoms with E-state index in [1.807, 2.05) is 12.1 Å². The first kappa shape index (κ1) is 24.4. The van der Waals surface area contributed by atoms with E-state index >= 15 is 0 Å². The number of rotatable bonds is 5. The fourth-order valence-corrected chi connectivity index (χ4v) is 5.37. The topological polar surface area (TPSA) is 73.2 Å². The van der Waals surface area contributed by atoms with Crippen LogP contribution in [0.3, 0.4) is 0 Å². The summed E-state index contributed by atoms with van der Waals surface area (Å²) in [4.78, 5) is 28.0. The summed E-state index contributed by atoms with van der Waals surface area (Å²) < 4.78 is 0.860. The first-order valence-corrected chi connectivity index (χ1v) is 12.5. The predicted octanol–water partition coefficient (Wildman–Crippen LogP) is 6.82. The molecule has 1 heterocycles. The van der Waals surface area contributed by atoms with Crippen molar-refractivity contribution in [1.82, 2.24) is 0 Å². The molecule has 0 radical (unpaired) electrons. The van der Waals surface area contributed by atoms with E-state index in [4.69, 9.17) is 23.2 Å². The van der Waals surface area contributed by atoms with Gasteiger partial charge in [0.25, 0.3) is 5.91 Å². The monoisotopic (exact) mass is 571 g/mol. The van der Waals surface area contributed by atoms with Crippen LogP contribution < -0.4 is 10.2 Å². The van der Waals surface area contributed by atoms with E-state index in [-0.39, 0.29) is 16.5 Å². The van der Waals surface area contributed by atoms with Crippen molar-refractivity contribution in [3.05, 3.63) is 103 Å². The second-order valence-corrected chi connectivity index (χ2v) is 10.3. The van der Waals surface area contributed by atoms with Crippen LogP contribution in [-0.4, -0.2) is 17.1 Å². The quantitative estimate of drug-likeness (QED) is 0.269. The molecule has 1 saturated heterocycles. The zero-order valence-corrected chi connectivity index (χ0v) is 21.4. The average molecular weight is 573 g/mol. The molecule has 1 aliphatic heterocycles. The molecule has 3 aromatic carbocycles. The van der Waals surface area contributed by atoms with E-state index in [2.05, 4.69) is 21.2 Å². The van der Waals surface area contributed by atoms with Crippen molar-refractivity contribution in [3.63, 3.8) is 0 Å². The van der Waals surface area contributed by atoms with E-state index in [1.165, 1.54) is 16.7 Å². The van der Waals surface area contributed by atoms with Crippen LogP contribution in [0.4, 0.5) is 11.4 Å². The number of thioether (sulfide) groups is 1. The standard InChI is InChI=1S/C25H16BrCl2N3O2S/c26-16-6-9-18(10-7-16)30-23(32)20(14-29)25-31(19-4-2-1-3-5-19)24(33)22(34-25)13-15-12-17(27)8-11-21(15)28/h1-12,22H,13H2,(H,30,32)/b25-20-/t22-/m0/s1. The molecule has 4 rings (SSSR count). The summed E-state index contributed by atoms with van der Waals surface area (Å²) in [6.07, 6.45) is 0.294. The zero-order chi connectivity index (χ0) is 24.2. The Kier molecular flexibility index (Phi) is 7.64. The molecule has 0 unspecified atom stereocenters. The van der Waals surface area contributed by atoms with Gasteiger partial charge in [0.15, 0.2) is 0 Å². The van der Waals surface area contributed by atoms with Crippen LogP contribution in [-0.2, 0) is 16.0 Å². The molecule has 5 nitrogen and oxygen atoms in total. The molecular weight excluding hydrogens is 557 g/mol. The second kappa shape index (κ2) is 10.7. The van der Waals surface area contributed by atoms with Gasteiger partial charge in [-0.1, -0.05) is 69.1 Å². The average Bonchev–Trinajstić information content (AvgIpc) is 3.14. The van der Waals surface area contributed by atoms with Gasteiger partial charge < -0.3 is 5.32 Å². The summed E-state index contributed by atoms with van der Waals surface area (Å²) in [7, 11) is 0. The third-order valence-corrected chi connectivity index (χ3v) is 7.43. The van der Waals surface area contributed by atoms with Crippen molar-refractivity contribution in [1.29, 1.82) is 5.26 Å². The van der Waals surface area contributed by atoms with Crippen molar-refractivity contribution in [2.24, 2.45) is 0 Å². The lowest BCUT2D eigenvalue weighted by Crippen LogP contribution is -2.30. The Morgan fingerprint density at radius 3 is 2.47 bits per heavy atom. The lowest BCUT2D eigenvalue weighted by molar-refractivity contribution is -0.117. The minimum Gasteiger partial charge on any atom is -0.321 e. The number of nitrogens with zero attached hydrogens (tertiary/aromatic N) is 2. The summed E-state index contributed by atoms with van der Waals surface area (Å²) in [6.45, 7) is 0. The maximum absolute atomic E-state index is 13.5. The molecule has 2 amide bonds. The van der Waals surface area contributed by atoms with Crippen LogP contribution >= 0.6 is 50.9 Å². The first-order chi connectivity index (χ1) is 16.4. The van der Waals surface area contributed by atoms with Gasteiger partial charge in [0.2, 0.25) is 5.91 Å². The van der Waals surface area contributed by atoms with Gasteiger partial charge in [-0.05, 0) is 66.6 Å². The normalized spacial score (nSPS) is 16.8. The lowest BCUT2D eigenvalue weighted by atomic mass is 10.1. The van der Waals surface area contributed by atoms with E-state index in [0.717, 1.165) is 4.47 Å². The van der Waals surface area contributed by atoms with Crippen LogP contribution in [0.5, 0.6) is 0 Å². The molecule has 1 aliphatic rings. The Balaban J connectivity index is 1.72. The van der Waals surface area contributed by atoms with E-state index in [9.17, 15) is 14.9 Å². The number of halogens is 3. The van der Waals surface area contributed by atoms with Gasteiger partial charge >= 0.3 is 0 Å². The first-order valence-electron chi connectivity index (χ1n) is 10.1. The minimum absolute atomic E-state index is 0.148. The molecule has 34 heavy (non-hydrogen) atoms. The van der Waals surface area contributed by atoms with Crippen molar-refractivity contribution in [3.8, 4) is 6.07 Å². The molecule has 0 spiro atoms. The second-order valence-electron chi connectivity index (χ2n) is 7.31. The number of carbonyl (C=O) groups excluding carboxylic acids is 2. The summed E-state index contributed by atoms with van der Waals surface area (Å²) >= 11 is 17.0. The van der Waals surface area contributed by atoms with Crippen LogP contribution in [0.2, 0.25) is 10.0 Å². The number of anilines is 2. The van der Waals surface area contributed by atoms with Gasteiger partial charge in [0, 0.05) is 25.9 Å². The molecule has 1 N–H and O–H groups in total. The van der Waals surface area contributed by atoms with Gasteiger partial charge in [-0.25, -0.2) is 0 Å². The van der Waals surface area contributed by atoms with Crippen molar-refractivity contribution < 1.29 is 9.59 Å². The van der Waals surface area contributed by atoms with Crippen molar-refractivity contribution in [2.75, 3.05) is 10.2 Å². The fourth-order valence-electron chi connectivity index (χ4n) is 3.43. The number of carbonyl (C=O) groups is 2. The van der Waals surface area contributed by atoms with Gasteiger partial charge in [-0.3, -0.25) is 14.5 Å². The third-order valence-electron chi connectivity index (χ3n) is 5.04. The molecule has 0 bridgehead atoms. The van der Waals surface area contributed by atoms with E-state index in [0.29, 0.717) is 33.4 Å². The van der Waals surface area contributed by atoms with Crippen molar-refractivity contribution in [2.45, 2.75) is 11.7 Å². The maximum Gasteiger partial charge on any atom is 0.269 e. The summed E-state index contributed by atoms with van der Waals surface area (Å²) in [5.74, 6) is -0.839. The number of para-hydroxylation sites is 1. The number of benzene rings is 3. The number of nitriles is 1. The Labute approximate surface area is 219 Å². The van der Waals surface area contributed by atoms with Crippen molar-refractivity contribution >= 4 is 74.1 Å². The SMILES string of the molecule is N#C/C(C(=O)Nc1ccc(Br)cc1)=C1/S[C@@H](Cc2cc(Cl)ccc2Cl)C(=O)N1c1ccccc1.